The summed E-state index contributed by atoms with van der Waals surface area (Å²) in [5.74, 6) is 1.38. The van der Waals surface area contributed by atoms with Gasteiger partial charge in [0.1, 0.15) is 0 Å². The molecule has 4 heteroatoms. The van der Waals surface area contributed by atoms with Crippen molar-refractivity contribution >= 4 is 0 Å². The van der Waals surface area contributed by atoms with Crippen LogP contribution in [0.5, 0.6) is 0 Å². The number of fused-ring (bicyclic) bond motifs is 3. The van der Waals surface area contributed by atoms with E-state index in [0.717, 1.165) is 25.8 Å². The van der Waals surface area contributed by atoms with Gasteiger partial charge >= 0.3 is 0 Å². The summed E-state index contributed by atoms with van der Waals surface area (Å²) in [7, 11) is 0. The molecule has 0 amide bonds. The molecule has 32 heavy (non-hydrogen) atoms. The molecule has 2 aliphatic carbocycles. The molecule has 4 rings (SSSR count). The molecule has 0 spiro atoms. The first-order valence-electron chi connectivity index (χ1n) is 12.7. The maximum Gasteiger partial charge on any atom is 0.0988 e. The van der Waals surface area contributed by atoms with Crippen molar-refractivity contribution in [1.82, 2.24) is 9.78 Å². The lowest BCUT2D eigenvalue weighted by Gasteiger charge is -2.53. The Balaban J connectivity index is 1.54. The van der Waals surface area contributed by atoms with Crippen molar-refractivity contribution in [1.29, 1.82) is 0 Å². The van der Waals surface area contributed by atoms with Crippen LogP contribution >= 0.6 is 0 Å². The molecule has 0 aromatic carbocycles. The first kappa shape index (κ1) is 23.4. The summed E-state index contributed by atoms with van der Waals surface area (Å²) in [6.45, 7) is 12.2. The topological polar surface area (TPSA) is 47.3 Å². The van der Waals surface area contributed by atoms with Crippen molar-refractivity contribution < 1.29 is 9.84 Å². The van der Waals surface area contributed by atoms with Gasteiger partial charge in [0.2, 0.25) is 0 Å². The Bertz CT molecular complexity index is 875. The Morgan fingerprint density at radius 3 is 2.78 bits per heavy atom. The standard InChI is InChI=1S/C28H42N2O2/c1-6-7-8-9-13-27(2,3)21-17-24(31)26-22-16-20(19-30-15-10-14-29-30)11-12-23(22)28(4,5)32-25(26)18-21/h10-11,14-15,17-18,22-23,25-26,31H,6-9,12-13,16,19H2,1-5H3/t22?,23-,25?,26+/m0/s1. The molecular formula is C28H42N2O2. The Morgan fingerprint density at radius 2 is 2.06 bits per heavy atom. The van der Waals surface area contributed by atoms with Crippen LogP contribution in [0, 0.1) is 23.2 Å². The van der Waals surface area contributed by atoms with Gasteiger partial charge in [-0.25, -0.2) is 0 Å². The minimum Gasteiger partial charge on any atom is -0.512 e. The SMILES string of the molecule is CCCCCCC(C)(C)C1=CC2OC(C)(C)[C@H]3CC=C(Cn4cccn4)CC3[C@@H]2C(O)=C1. The highest BCUT2D eigenvalue weighted by Gasteiger charge is 2.52. The summed E-state index contributed by atoms with van der Waals surface area (Å²) in [5.41, 5.74) is 2.51. The van der Waals surface area contributed by atoms with E-state index < -0.39 is 0 Å². The number of rotatable bonds is 8. The Kier molecular flexibility index (Phi) is 6.72. The van der Waals surface area contributed by atoms with Gasteiger partial charge in [0.05, 0.1) is 24.0 Å². The lowest BCUT2D eigenvalue weighted by molar-refractivity contribution is -0.177. The number of hydrogen-bond acceptors (Lipinski definition) is 3. The van der Waals surface area contributed by atoms with E-state index in [1.165, 1.54) is 36.8 Å². The Labute approximate surface area is 194 Å². The predicted molar refractivity (Wildman–Crippen MR) is 130 cm³/mol. The number of unbranched alkanes of at least 4 members (excludes halogenated alkanes) is 3. The highest BCUT2D eigenvalue weighted by atomic mass is 16.5. The third-order valence-electron chi connectivity index (χ3n) is 8.17. The second-order valence-corrected chi connectivity index (χ2v) is 11.4. The van der Waals surface area contributed by atoms with E-state index in [1.807, 2.05) is 23.1 Å². The number of aliphatic hydroxyl groups excluding tert-OH is 1. The second kappa shape index (κ2) is 9.21. The molecule has 2 unspecified atom stereocenters. The van der Waals surface area contributed by atoms with Crippen molar-refractivity contribution in [2.45, 2.75) is 97.8 Å². The second-order valence-electron chi connectivity index (χ2n) is 11.4. The summed E-state index contributed by atoms with van der Waals surface area (Å²) in [6, 6.07) is 1.98. The molecule has 176 valence electrons. The average molecular weight is 439 g/mol. The van der Waals surface area contributed by atoms with Crippen LogP contribution in [0.4, 0.5) is 0 Å². The van der Waals surface area contributed by atoms with Crippen molar-refractivity contribution in [3.05, 3.63) is 53.6 Å². The molecule has 0 bridgehead atoms. The summed E-state index contributed by atoms with van der Waals surface area (Å²) in [4.78, 5) is 0. The van der Waals surface area contributed by atoms with Crippen LogP contribution in [0.1, 0.15) is 79.6 Å². The zero-order valence-corrected chi connectivity index (χ0v) is 20.7. The molecule has 1 aromatic rings. The molecule has 4 atom stereocenters. The predicted octanol–water partition coefficient (Wildman–Crippen LogP) is 7.01. The van der Waals surface area contributed by atoms with Gasteiger partial charge in [0, 0.05) is 18.3 Å². The molecule has 1 aliphatic heterocycles. The normalized spacial score (nSPS) is 29.5. The van der Waals surface area contributed by atoms with E-state index in [-0.39, 0.29) is 23.0 Å². The van der Waals surface area contributed by atoms with Crippen LogP contribution in [0.25, 0.3) is 0 Å². The quantitative estimate of drug-likeness (QED) is 0.351. The summed E-state index contributed by atoms with van der Waals surface area (Å²) in [5, 5.41) is 15.7. The van der Waals surface area contributed by atoms with E-state index in [2.05, 4.69) is 57.9 Å². The third kappa shape index (κ3) is 4.76. The summed E-state index contributed by atoms with van der Waals surface area (Å²) in [6.07, 6.45) is 18.8. The Morgan fingerprint density at radius 1 is 1.25 bits per heavy atom. The number of allylic oxidation sites excluding steroid dienone is 4. The molecule has 0 radical (unpaired) electrons. The van der Waals surface area contributed by atoms with Crippen LogP contribution < -0.4 is 0 Å². The van der Waals surface area contributed by atoms with Gasteiger partial charge in [0.15, 0.2) is 0 Å². The maximum absolute atomic E-state index is 11.3. The van der Waals surface area contributed by atoms with Gasteiger partial charge in [-0.05, 0) is 68.1 Å². The monoisotopic (exact) mass is 438 g/mol. The molecule has 2 heterocycles. The van der Waals surface area contributed by atoms with E-state index in [0.29, 0.717) is 17.6 Å². The molecule has 1 N–H and O–H groups in total. The van der Waals surface area contributed by atoms with E-state index >= 15 is 0 Å². The molecule has 1 aromatic heterocycles. The van der Waals surface area contributed by atoms with Crippen molar-refractivity contribution in [3.63, 3.8) is 0 Å². The fraction of sp³-hybridized carbons (Fsp3) is 0.679. The molecule has 1 saturated heterocycles. The fourth-order valence-corrected chi connectivity index (χ4v) is 6.22. The highest BCUT2D eigenvalue weighted by molar-refractivity contribution is 5.36. The zero-order valence-electron chi connectivity index (χ0n) is 20.7. The first-order chi connectivity index (χ1) is 15.2. The molecule has 3 aliphatic rings. The van der Waals surface area contributed by atoms with E-state index in [1.54, 1.807) is 0 Å². The smallest absolute Gasteiger partial charge is 0.0988 e. The number of nitrogens with zero attached hydrogens (tertiary/aromatic N) is 2. The third-order valence-corrected chi connectivity index (χ3v) is 8.17. The van der Waals surface area contributed by atoms with Gasteiger partial charge in [-0.1, -0.05) is 64.2 Å². The zero-order chi connectivity index (χ0) is 22.9. The van der Waals surface area contributed by atoms with Crippen LogP contribution in [0.2, 0.25) is 0 Å². The fourth-order valence-electron chi connectivity index (χ4n) is 6.22. The van der Waals surface area contributed by atoms with Crippen LogP contribution in [-0.2, 0) is 11.3 Å². The molecular weight excluding hydrogens is 396 g/mol. The van der Waals surface area contributed by atoms with Crippen LogP contribution in [0.15, 0.2) is 53.6 Å². The van der Waals surface area contributed by atoms with Crippen molar-refractivity contribution in [3.8, 4) is 0 Å². The first-order valence-corrected chi connectivity index (χ1v) is 12.7. The molecule has 1 fully saturated rings. The van der Waals surface area contributed by atoms with Gasteiger partial charge in [-0.15, -0.1) is 0 Å². The molecule has 4 nitrogen and oxygen atoms in total. The number of ether oxygens (including phenoxy) is 1. The number of hydrogen-bond donors (Lipinski definition) is 1. The van der Waals surface area contributed by atoms with Crippen molar-refractivity contribution in [2.24, 2.45) is 23.2 Å². The minimum absolute atomic E-state index is 0.0500. The lowest BCUT2D eigenvalue weighted by Crippen LogP contribution is -2.54. The van der Waals surface area contributed by atoms with Crippen LogP contribution in [-0.4, -0.2) is 26.6 Å². The van der Waals surface area contributed by atoms with Gasteiger partial charge in [-0.3, -0.25) is 4.68 Å². The van der Waals surface area contributed by atoms with Crippen LogP contribution in [0.3, 0.4) is 0 Å². The average Bonchev–Trinajstić information content (AvgIpc) is 3.23. The van der Waals surface area contributed by atoms with E-state index in [9.17, 15) is 5.11 Å². The van der Waals surface area contributed by atoms with Gasteiger partial charge in [-0.2, -0.15) is 5.10 Å². The lowest BCUT2D eigenvalue weighted by atomic mass is 9.61. The molecule has 0 saturated carbocycles. The number of aliphatic hydroxyl groups is 1. The Hall–Kier alpha value is -1.81. The maximum atomic E-state index is 11.3. The summed E-state index contributed by atoms with van der Waals surface area (Å²) < 4.78 is 8.71. The van der Waals surface area contributed by atoms with Gasteiger partial charge in [0.25, 0.3) is 0 Å². The van der Waals surface area contributed by atoms with Gasteiger partial charge < -0.3 is 9.84 Å². The van der Waals surface area contributed by atoms with E-state index in [4.69, 9.17) is 4.74 Å². The summed E-state index contributed by atoms with van der Waals surface area (Å²) >= 11 is 0. The minimum atomic E-state index is -0.204. The number of aromatic nitrogens is 2. The highest BCUT2D eigenvalue weighted by Crippen LogP contribution is 2.53. The van der Waals surface area contributed by atoms with Crippen molar-refractivity contribution in [2.75, 3.05) is 0 Å². The largest absolute Gasteiger partial charge is 0.512 e.